The Labute approximate surface area is 70.9 Å². The van der Waals surface area contributed by atoms with Gasteiger partial charge < -0.3 is 19.8 Å². The van der Waals surface area contributed by atoms with E-state index < -0.39 is 28.5 Å². The van der Waals surface area contributed by atoms with Gasteiger partial charge >= 0.3 is 5.97 Å². The Balaban J connectivity index is 4.45. The topological polar surface area (TPSA) is 109 Å². The van der Waals surface area contributed by atoms with Crippen molar-refractivity contribution in [1.82, 2.24) is 5.32 Å². The number of amides is 1. The minimum absolute atomic E-state index is 0.524. The van der Waals surface area contributed by atoms with Crippen molar-refractivity contribution in [2.75, 3.05) is 0 Å². The second-order valence-electron chi connectivity index (χ2n) is 1.98. The van der Waals surface area contributed by atoms with Crippen LogP contribution in [0, 0.1) is 0 Å². The highest BCUT2D eigenvalue weighted by Crippen LogP contribution is 1.78. The molecule has 0 heterocycles. The predicted octanol–water partition coefficient (Wildman–Crippen LogP) is -1.78. The van der Waals surface area contributed by atoms with E-state index in [-0.39, 0.29) is 0 Å². The fraction of sp³-hybridized carbons (Fsp3) is 0.400. The van der Waals surface area contributed by atoms with E-state index in [1.807, 2.05) is 5.32 Å². The number of nitrogens with one attached hydrogen (secondary N) is 1. The van der Waals surface area contributed by atoms with Gasteiger partial charge in [-0.2, -0.15) is 0 Å². The summed E-state index contributed by atoms with van der Waals surface area (Å²) in [6.07, 6.45) is 0. The van der Waals surface area contributed by atoms with Gasteiger partial charge in [0.15, 0.2) is 0 Å². The molecule has 0 saturated heterocycles. The monoisotopic (exact) mass is 193 g/mol. The third-order valence-corrected chi connectivity index (χ3v) is 1.44. The van der Waals surface area contributed by atoms with Gasteiger partial charge in [0, 0.05) is 6.92 Å². The third kappa shape index (κ3) is 4.69. The number of hydrogen-bond donors (Lipinski definition) is 3. The standard InChI is InChI=1S/C5H9N2O4S/c1-3(8)7-4(5(9)10)2-12(6)11/h2,4H,1H3,(H2,6,11)(H,7,8)(H,9,10)/q-1. The van der Waals surface area contributed by atoms with Crippen molar-refractivity contribution in [3.05, 3.63) is 0 Å². The minimum Gasteiger partial charge on any atom is -0.480 e. The molecule has 4 N–H and O–H groups in total. The Morgan fingerprint density at radius 1 is 1.67 bits per heavy atom. The summed E-state index contributed by atoms with van der Waals surface area (Å²) in [5.74, 6) is -1.83. The second-order valence-corrected chi connectivity index (χ2v) is 2.91. The maximum atomic E-state index is 10.4. The highest BCUT2D eigenvalue weighted by atomic mass is 32.2. The molecule has 0 radical (unpaired) electrons. The van der Waals surface area contributed by atoms with Gasteiger partial charge in [0.05, 0.1) is 0 Å². The molecule has 6 nitrogen and oxygen atoms in total. The molecule has 70 valence electrons. The first-order chi connectivity index (χ1) is 5.43. The van der Waals surface area contributed by atoms with E-state index in [0.717, 1.165) is 12.3 Å². The van der Waals surface area contributed by atoms with Crippen molar-refractivity contribution >= 4 is 27.8 Å². The van der Waals surface area contributed by atoms with Crippen LogP contribution in [-0.2, 0) is 24.4 Å². The van der Waals surface area contributed by atoms with E-state index in [2.05, 4.69) is 0 Å². The van der Waals surface area contributed by atoms with Crippen molar-refractivity contribution in [1.29, 1.82) is 0 Å². The molecule has 0 aliphatic heterocycles. The first-order valence-electron chi connectivity index (χ1n) is 2.93. The second kappa shape index (κ2) is 4.73. The van der Waals surface area contributed by atoms with Crippen LogP contribution in [-0.4, -0.2) is 28.4 Å². The molecule has 0 rings (SSSR count). The summed E-state index contributed by atoms with van der Waals surface area (Å²) >= 11 is 0. The van der Waals surface area contributed by atoms with E-state index in [1.165, 1.54) is 0 Å². The van der Waals surface area contributed by atoms with Gasteiger partial charge in [0.25, 0.3) is 0 Å². The lowest BCUT2D eigenvalue weighted by molar-refractivity contribution is -0.139. The number of hydrogen-bond acceptors (Lipinski definition) is 4. The maximum Gasteiger partial charge on any atom is 0.328 e. The molecule has 0 spiro atoms. The summed E-state index contributed by atoms with van der Waals surface area (Å²) in [6.45, 7) is 1.16. The molecule has 12 heavy (non-hydrogen) atoms. The normalized spacial score (nSPS) is 15.2. The lowest BCUT2D eigenvalue weighted by Crippen LogP contribution is -2.41. The Morgan fingerprint density at radius 3 is 2.42 bits per heavy atom. The Kier molecular flexibility index (Phi) is 4.30. The summed E-state index contributed by atoms with van der Waals surface area (Å²) in [7, 11) is -1.85. The first kappa shape index (κ1) is 10.9. The molecule has 0 aromatic rings. The molecule has 0 aliphatic carbocycles. The number of carbonyl (C=O) groups excluding carboxylic acids is 1. The van der Waals surface area contributed by atoms with Crippen molar-refractivity contribution in [2.24, 2.45) is 5.14 Å². The van der Waals surface area contributed by atoms with E-state index in [9.17, 15) is 13.8 Å². The van der Waals surface area contributed by atoms with Crippen molar-refractivity contribution in [3.8, 4) is 0 Å². The van der Waals surface area contributed by atoms with Crippen LogP contribution in [0.1, 0.15) is 6.92 Å². The molecule has 1 amide bonds. The van der Waals surface area contributed by atoms with E-state index in [0.29, 0.717) is 0 Å². The number of carboxylic acid groups (broad SMARTS) is 1. The molecule has 0 fully saturated rings. The van der Waals surface area contributed by atoms with Gasteiger partial charge in [0.1, 0.15) is 6.04 Å². The van der Waals surface area contributed by atoms with Crippen molar-refractivity contribution in [2.45, 2.75) is 13.0 Å². The lowest BCUT2D eigenvalue weighted by atomic mass is 10.3. The van der Waals surface area contributed by atoms with Crippen molar-refractivity contribution in [3.63, 3.8) is 0 Å². The Bertz CT molecular complexity index is 269. The quantitative estimate of drug-likeness (QED) is 0.363. The smallest absolute Gasteiger partial charge is 0.328 e. The summed E-state index contributed by atoms with van der Waals surface area (Å²) in [5.41, 5.74) is 0. The SMILES string of the molecule is CC(=O)NC(C=[S-](N)=O)C(=O)O. The molecule has 0 bridgehead atoms. The van der Waals surface area contributed by atoms with Gasteiger partial charge in [0.2, 0.25) is 5.91 Å². The lowest BCUT2D eigenvalue weighted by Gasteiger charge is -2.10. The average Bonchev–Trinajstić information content (AvgIpc) is 1.83. The van der Waals surface area contributed by atoms with E-state index in [4.69, 9.17) is 10.2 Å². The number of carbonyl (C=O) groups is 2. The van der Waals surface area contributed by atoms with E-state index in [1.54, 1.807) is 0 Å². The van der Waals surface area contributed by atoms with Gasteiger partial charge in [-0.3, -0.25) is 4.79 Å². The molecule has 0 aromatic heterocycles. The third-order valence-electron chi connectivity index (χ3n) is 0.895. The van der Waals surface area contributed by atoms with E-state index >= 15 is 0 Å². The molecule has 0 saturated carbocycles. The van der Waals surface area contributed by atoms with Gasteiger partial charge in [-0.1, -0.05) is 0 Å². The van der Waals surface area contributed by atoms with Gasteiger partial charge in [-0.25, -0.2) is 15.4 Å². The molecular weight excluding hydrogens is 184 g/mol. The van der Waals surface area contributed by atoms with Crippen LogP contribution in [0.25, 0.3) is 0 Å². The largest absolute Gasteiger partial charge is 0.480 e. The zero-order valence-electron chi connectivity index (χ0n) is 6.31. The molecule has 0 aliphatic rings. The Morgan fingerprint density at radius 2 is 2.17 bits per heavy atom. The van der Waals surface area contributed by atoms with Crippen LogP contribution in [0.4, 0.5) is 0 Å². The fourth-order valence-electron chi connectivity index (χ4n) is 0.507. The molecule has 1 atom stereocenters. The number of carboxylic acids is 1. The summed E-state index contributed by atoms with van der Waals surface area (Å²) in [6, 6.07) is -1.30. The number of rotatable bonds is 3. The van der Waals surface area contributed by atoms with Crippen molar-refractivity contribution < 1.29 is 18.9 Å². The first-order valence-corrected chi connectivity index (χ1v) is 4.21. The minimum atomic E-state index is -1.85. The Hall–Kier alpha value is -1.08. The van der Waals surface area contributed by atoms with Gasteiger partial charge in [-0.15, -0.1) is 5.37 Å². The highest BCUT2D eigenvalue weighted by molar-refractivity contribution is 7.81. The number of nitrogens with two attached hydrogens (primary N) is 1. The zero-order chi connectivity index (χ0) is 9.72. The summed E-state index contributed by atoms with van der Waals surface area (Å²) in [5, 5.41) is 16.1. The molecule has 0 aromatic carbocycles. The fourth-order valence-corrected chi connectivity index (χ4v) is 0.960. The number of aliphatic carboxylic acids is 1. The van der Waals surface area contributed by atoms with Crippen LogP contribution < -0.4 is 10.5 Å². The molecule has 7 heteroatoms. The van der Waals surface area contributed by atoms with Crippen LogP contribution in [0.15, 0.2) is 0 Å². The summed E-state index contributed by atoms with van der Waals surface area (Å²) < 4.78 is 10.4. The predicted molar refractivity (Wildman–Crippen MR) is 43.5 cm³/mol. The molecular formula is C5H9N2O4S-. The van der Waals surface area contributed by atoms with Crippen LogP contribution in [0.3, 0.4) is 0 Å². The van der Waals surface area contributed by atoms with Gasteiger partial charge in [-0.05, 0) is 0 Å². The highest BCUT2D eigenvalue weighted by Gasteiger charge is 2.11. The van der Waals surface area contributed by atoms with Crippen LogP contribution in [0.2, 0.25) is 0 Å². The summed E-state index contributed by atoms with van der Waals surface area (Å²) in [4.78, 5) is 20.7. The average molecular weight is 193 g/mol. The molecule has 1 unspecified atom stereocenters. The van der Waals surface area contributed by atoms with Crippen LogP contribution >= 0.6 is 0 Å². The maximum absolute atomic E-state index is 10.4. The van der Waals surface area contributed by atoms with Crippen LogP contribution in [0.5, 0.6) is 0 Å². The zero-order valence-corrected chi connectivity index (χ0v) is 7.13.